The van der Waals surface area contributed by atoms with Gasteiger partial charge in [-0.3, -0.25) is 9.36 Å². The largest absolute Gasteiger partial charge is 0.505 e. The van der Waals surface area contributed by atoms with Gasteiger partial charge in [0.25, 0.3) is 5.56 Å². The van der Waals surface area contributed by atoms with Crippen LogP contribution >= 0.6 is 0 Å². The summed E-state index contributed by atoms with van der Waals surface area (Å²) in [5.41, 5.74) is 2.53. The van der Waals surface area contributed by atoms with Crippen molar-refractivity contribution in [2.45, 2.75) is 26.4 Å². The van der Waals surface area contributed by atoms with Gasteiger partial charge in [0, 0.05) is 23.7 Å². The van der Waals surface area contributed by atoms with Crippen LogP contribution in [0.1, 0.15) is 22.8 Å². The summed E-state index contributed by atoms with van der Waals surface area (Å²) in [6, 6.07) is 5.58. The number of benzene rings is 1. The van der Waals surface area contributed by atoms with E-state index >= 15 is 0 Å². The minimum absolute atomic E-state index is 0.0574. The smallest absolute Gasteiger partial charge is 0.257 e. The number of rotatable bonds is 3. The van der Waals surface area contributed by atoms with Gasteiger partial charge in [-0.1, -0.05) is 5.16 Å². The number of aryl methyl sites for hydroxylation is 1. The Morgan fingerprint density at radius 2 is 2.23 bits per heavy atom. The summed E-state index contributed by atoms with van der Waals surface area (Å²) >= 11 is 0. The normalized spacial score (nSPS) is 13.6. The van der Waals surface area contributed by atoms with Crippen molar-refractivity contribution >= 4 is 0 Å². The van der Waals surface area contributed by atoms with Crippen LogP contribution < -0.4 is 10.9 Å². The zero-order chi connectivity index (χ0) is 18.3. The molecular formula is C18H17FN4O3. The van der Waals surface area contributed by atoms with Crippen molar-refractivity contribution < 1.29 is 14.0 Å². The van der Waals surface area contributed by atoms with E-state index in [-0.39, 0.29) is 12.1 Å². The molecule has 0 bridgehead atoms. The molecule has 0 saturated carbocycles. The molecule has 0 unspecified atom stereocenters. The molecule has 1 aliphatic rings. The highest BCUT2D eigenvalue weighted by atomic mass is 19.1. The average Bonchev–Trinajstić information content (AvgIpc) is 3.10. The summed E-state index contributed by atoms with van der Waals surface area (Å²) in [6.45, 7) is 3.38. The molecular weight excluding hydrogens is 339 g/mol. The molecule has 134 valence electrons. The summed E-state index contributed by atoms with van der Waals surface area (Å²) < 4.78 is 20.0. The summed E-state index contributed by atoms with van der Waals surface area (Å²) in [5, 5.41) is 16.7. The number of hydrogen-bond donors (Lipinski definition) is 2. The first-order chi connectivity index (χ1) is 12.5. The van der Waals surface area contributed by atoms with E-state index in [9.17, 15) is 14.3 Å². The minimum Gasteiger partial charge on any atom is -0.505 e. The van der Waals surface area contributed by atoms with Gasteiger partial charge in [-0.05, 0) is 38.1 Å². The molecule has 3 heterocycles. The fourth-order valence-electron chi connectivity index (χ4n) is 3.11. The van der Waals surface area contributed by atoms with Gasteiger partial charge in [0.05, 0.1) is 12.2 Å². The topological polar surface area (TPSA) is 93.2 Å². The highest BCUT2D eigenvalue weighted by Crippen LogP contribution is 2.26. The van der Waals surface area contributed by atoms with Gasteiger partial charge in [0.2, 0.25) is 0 Å². The van der Waals surface area contributed by atoms with E-state index in [1.54, 1.807) is 17.6 Å². The van der Waals surface area contributed by atoms with E-state index < -0.39 is 11.6 Å². The number of phenols is 1. The number of phenolic OH excluding ortho intramolecular Hbond substituents is 1. The van der Waals surface area contributed by atoms with E-state index in [4.69, 9.17) is 4.52 Å². The van der Waals surface area contributed by atoms with Crippen LogP contribution in [0.5, 0.6) is 5.75 Å². The van der Waals surface area contributed by atoms with Crippen LogP contribution in [0.4, 0.5) is 4.39 Å². The molecule has 0 spiro atoms. The van der Waals surface area contributed by atoms with Crippen LogP contribution in [0.25, 0.3) is 11.3 Å². The van der Waals surface area contributed by atoms with Crippen LogP contribution in [0.2, 0.25) is 0 Å². The summed E-state index contributed by atoms with van der Waals surface area (Å²) in [4.78, 5) is 17.3. The zero-order valence-electron chi connectivity index (χ0n) is 14.1. The zero-order valence-corrected chi connectivity index (χ0v) is 14.1. The fourth-order valence-corrected chi connectivity index (χ4v) is 3.11. The fraction of sp³-hybridized carbons (Fsp3) is 0.278. The molecule has 0 aliphatic carbocycles. The Labute approximate surface area is 148 Å². The van der Waals surface area contributed by atoms with Crippen LogP contribution in [0.15, 0.2) is 33.6 Å². The molecule has 7 nitrogen and oxygen atoms in total. The molecule has 0 amide bonds. The second-order valence-electron chi connectivity index (χ2n) is 6.25. The van der Waals surface area contributed by atoms with Crippen molar-refractivity contribution in [1.29, 1.82) is 0 Å². The number of nitrogens with zero attached hydrogens (tertiary/aromatic N) is 3. The second kappa shape index (κ2) is 6.38. The lowest BCUT2D eigenvalue weighted by Crippen LogP contribution is -2.36. The summed E-state index contributed by atoms with van der Waals surface area (Å²) in [7, 11) is 0. The summed E-state index contributed by atoms with van der Waals surface area (Å²) in [5.74, 6) is -0.164. The van der Waals surface area contributed by atoms with Crippen LogP contribution in [-0.2, 0) is 19.5 Å². The molecule has 0 fully saturated rings. The molecule has 26 heavy (non-hydrogen) atoms. The molecule has 0 atom stereocenters. The van der Waals surface area contributed by atoms with Crippen molar-refractivity contribution in [3.8, 4) is 17.1 Å². The third-order valence-electron chi connectivity index (χ3n) is 4.49. The predicted molar refractivity (Wildman–Crippen MR) is 91.3 cm³/mol. The highest BCUT2D eigenvalue weighted by molar-refractivity contribution is 5.59. The lowest BCUT2D eigenvalue weighted by atomic mass is 10.1. The monoisotopic (exact) mass is 356 g/mol. The van der Waals surface area contributed by atoms with Crippen molar-refractivity contribution in [1.82, 2.24) is 20.0 Å². The first-order valence-electron chi connectivity index (χ1n) is 8.27. The Morgan fingerprint density at radius 1 is 1.38 bits per heavy atom. The van der Waals surface area contributed by atoms with Gasteiger partial charge in [-0.25, -0.2) is 9.37 Å². The van der Waals surface area contributed by atoms with Gasteiger partial charge in [-0.15, -0.1) is 0 Å². The molecule has 0 radical (unpaired) electrons. The third-order valence-corrected chi connectivity index (χ3v) is 4.49. The van der Waals surface area contributed by atoms with Crippen LogP contribution in [-0.4, -0.2) is 26.4 Å². The Bertz CT molecular complexity index is 1040. The van der Waals surface area contributed by atoms with E-state index in [1.165, 1.54) is 12.1 Å². The maximum absolute atomic E-state index is 13.2. The van der Waals surface area contributed by atoms with Crippen molar-refractivity contribution in [3.63, 3.8) is 0 Å². The van der Waals surface area contributed by atoms with Gasteiger partial charge >= 0.3 is 0 Å². The minimum atomic E-state index is -0.703. The Morgan fingerprint density at radius 3 is 3.04 bits per heavy atom. The number of fused-ring (bicyclic) bond motifs is 1. The Kier molecular flexibility index (Phi) is 4.04. The predicted octanol–water partition coefficient (Wildman–Crippen LogP) is 1.75. The third kappa shape index (κ3) is 2.88. The van der Waals surface area contributed by atoms with Gasteiger partial charge in [0.15, 0.2) is 17.3 Å². The molecule has 4 rings (SSSR count). The van der Waals surface area contributed by atoms with Crippen LogP contribution in [0, 0.1) is 12.7 Å². The van der Waals surface area contributed by atoms with Crippen molar-refractivity contribution in [2.75, 3.05) is 6.54 Å². The maximum atomic E-state index is 13.2. The first kappa shape index (κ1) is 16.5. The lowest BCUT2D eigenvalue weighted by Gasteiger charge is -2.18. The Balaban J connectivity index is 1.66. The molecule has 1 aliphatic heterocycles. The highest BCUT2D eigenvalue weighted by Gasteiger charge is 2.18. The number of hydrogen-bond acceptors (Lipinski definition) is 6. The SMILES string of the molecule is Cc1nc2c(c(=O)n1Cc1cc(-c3ccc(F)c(O)c3)on1)CCNC2. The molecule has 3 aromatic rings. The van der Waals surface area contributed by atoms with Crippen molar-refractivity contribution in [3.05, 3.63) is 63.2 Å². The molecule has 0 saturated heterocycles. The lowest BCUT2D eigenvalue weighted by molar-refractivity contribution is 0.417. The van der Waals surface area contributed by atoms with Crippen molar-refractivity contribution in [2.24, 2.45) is 0 Å². The molecule has 8 heteroatoms. The standard InChI is InChI=1S/C18H17FN4O3/c1-10-21-15-8-20-5-4-13(15)18(25)23(10)9-12-7-17(26-22-12)11-2-3-14(19)16(24)6-11/h2-3,6-7,20,24H,4-5,8-9H2,1H3. The van der Waals surface area contributed by atoms with E-state index in [2.05, 4.69) is 15.5 Å². The van der Waals surface area contributed by atoms with Gasteiger partial charge in [0.1, 0.15) is 11.5 Å². The van der Waals surface area contributed by atoms with E-state index in [0.717, 1.165) is 23.9 Å². The number of nitrogens with one attached hydrogen (secondary N) is 1. The van der Waals surface area contributed by atoms with Crippen LogP contribution in [0.3, 0.4) is 0 Å². The quantitative estimate of drug-likeness (QED) is 0.743. The second-order valence-corrected chi connectivity index (χ2v) is 6.25. The number of aromatic nitrogens is 3. The number of halogens is 1. The number of aromatic hydroxyl groups is 1. The molecule has 2 N–H and O–H groups in total. The average molecular weight is 356 g/mol. The van der Waals surface area contributed by atoms with E-state index in [0.29, 0.717) is 35.8 Å². The Hall–Kier alpha value is -3.00. The summed E-state index contributed by atoms with van der Waals surface area (Å²) in [6.07, 6.45) is 0.653. The molecule has 1 aromatic carbocycles. The maximum Gasteiger partial charge on any atom is 0.257 e. The van der Waals surface area contributed by atoms with Gasteiger partial charge in [-0.2, -0.15) is 0 Å². The van der Waals surface area contributed by atoms with Gasteiger partial charge < -0.3 is 14.9 Å². The van der Waals surface area contributed by atoms with E-state index in [1.807, 2.05) is 0 Å². The molecule has 2 aromatic heterocycles. The first-order valence-corrected chi connectivity index (χ1v) is 8.27.